The fourth-order valence-corrected chi connectivity index (χ4v) is 6.71. The first-order valence-corrected chi connectivity index (χ1v) is 9.34. The molecule has 2 heteroatoms. The Bertz CT molecular complexity index is 640. The van der Waals surface area contributed by atoms with E-state index in [1.165, 1.54) is 18.4 Å². The smallest absolute Gasteiger partial charge is 0.159 e. The van der Waals surface area contributed by atoms with E-state index in [1.54, 1.807) is 0 Å². The Morgan fingerprint density at radius 2 is 1.83 bits per heavy atom. The van der Waals surface area contributed by atoms with Crippen molar-refractivity contribution in [2.24, 2.45) is 28.6 Å². The summed E-state index contributed by atoms with van der Waals surface area (Å²) in [6.45, 7) is 6.77. The van der Waals surface area contributed by atoms with E-state index in [4.69, 9.17) is 0 Å². The second kappa shape index (κ2) is 4.91. The van der Waals surface area contributed by atoms with E-state index in [-0.39, 0.29) is 10.8 Å². The molecule has 4 aliphatic rings. The van der Waals surface area contributed by atoms with Crippen LogP contribution in [0.5, 0.6) is 0 Å². The highest BCUT2D eigenvalue weighted by Gasteiger charge is 2.59. The number of Topliss-reactive ketones (excluding diaryl/α,β-unsaturated/α-hetero) is 1. The summed E-state index contributed by atoms with van der Waals surface area (Å²) >= 11 is 0. The van der Waals surface area contributed by atoms with Gasteiger partial charge in [0.1, 0.15) is 0 Å². The van der Waals surface area contributed by atoms with Crippen molar-refractivity contribution in [1.82, 2.24) is 0 Å². The van der Waals surface area contributed by atoms with Crippen LogP contribution in [0.25, 0.3) is 0 Å². The number of ketones is 2. The molecule has 23 heavy (non-hydrogen) atoms. The number of carbonyl (C=O) groups is 2. The van der Waals surface area contributed by atoms with Crippen LogP contribution in [0.15, 0.2) is 23.3 Å². The van der Waals surface area contributed by atoms with Gasteiger partial charge in [-0.1, -0.05) is 25.5 Å². The molecule has 0 unspecified atom stereocenters. The summed E-state index contributed by atoms with van der Waals surface area (Å²) in [7, 11) is 0. The second-order valence-electron chi connectivity index (χ2n) is 8.75. The maximum absolute atomic E-state index is 12.5. The monoisotopic (exact) mass is 312 g/mol. The van der Waals surface area contributed by atoms with Crippen LogP contribution in [-0.4, -0.2) is 11.6 Å². The third-order valence-electron chi connectivity index (χ3n) is 7.96. The van der Waals surface area contributed by atoms with Gasteiger partial charge in [0.2, 0.25) is 0 Å². The van der Waals surface area contributed by atoms with Crippen LogP contribution in [-0.2, 0) is 9.59 Å². The van der Waals surface area contributed by atoms with Crippen LogP contribution in [0.1, 0.15) is 65.7 Å². The zero-order valence-corrected chi connectivity index (χ0v) is 14.7. The van der Waals surface area contributed by atoms with Crippen molar-refractivity contribution in [3.8, 4) is 0 Å². The topological polar surface area (TPSA) is 34.1 Å². The van der Waals surface area contributed by atoms with Crippen LogP contribution >= 0.6 is 0 Å². The van der Waals surface area contributed by atoms with E-state index in [1.807, 2.05) is 13.0 Å². The molecular formula is C21H28O2. The van der Waals surface area contributed by atoms with E-state index in [9.17, 15) is 9.59 Å². The van der Waals surface area contributed by atoms with E-state index < -0.39 is 0 Å². The number of allylic oxidation sites excluding steroid dienone is 3. The highest BCUT2D eigenvalue weighted by atomic mass is 16.1. The van der Waals surface area contributed by atoms with Gasteiger partial charge in [-0.25, -0.2) is 0 Å². The minimum absolute atomic E-state index is 0.106. The lowest BCUT2D eigenvalue weighted by Gasteiger charge is -2.57. The van der Waals surface area contributed by atoms with Crippen LogP contribution in [0.3, 0.4) is 0 Å². The van der Waals surface area contributed by atoms with Gasteiger partial charge in [0.15, 0.2) is 11.6 Å². The summed E-state index contributed by atoms with van der Waals surface area (Å²) in [5, 5.41) is 0. The van der Waals surface area contributed by atoms with E-state index in [0.717, 1.165) is 31.3 Å². The molecule has 0 N–H and O–H groups in total. The Balaban J connectivity index is 1.72. The molecule has 3 saturated carbocycles. The summed E-state index contributed by atoms with van der Waals surface area (Å²) in [5.74, 6) is 2.56. The molecule has 5 atom stereocenters. The molecule has 124 valence electrons. The lowest BCUT2D eigenvalue weighted by atomic mass is 9.47. The first kappa shape index (κ1) is 15.4. The normalized spacial score (nSPS) is 47.9. The second-order valence-corrected chi connectivity index (χ2v) is 8.75. The van der Waals surface area contributed by atoms with Crippen molar-refractivity contribution in [3.05, 3.63) is 23.3 Å². The van der Waals surface area contributed by atoms with Gasteiger partial charge in [0.05, 0.1) is 0 Å². The largest absolute Gasteiger partial charge is 0.295 e. The average Bonchev–Trinajstić information content (AvgIpc) is 2.77. The zero-order valence-electron chi connectivity index (χ0n) is 14.7. The predicted molar refractivity (Wildman–Crippen MR) is 90.9 cm³/mol. The van der Waals surface area contributed by atoms with E-state index >= 15 is 0 Å². The van der Waals surface area contributed by atoms with Gasteiger partial charge < -0.3 is 0 Å². The standard InChI is InChI=1S/C21H28O2/c1-4-16-19(23)12-18-15-6-5-13-11-14(22)7-9-20(13,2)17(15)8-10-21(16,18)3/h4,11,15,17-18H,5-10,12H2,1-3H3/b16-4-/t15-,17+,18+,20+,21-/m1/s1. The Morgan fingerprint density at radius 3 is 2.57 bits per heavy atom. The minimum Gasteiger partial charge on any atom is -0.295 e. The quantitative estimate of drug-likeness (QED) is 0.610. The fraction of sp³-hybridized carbons (Fsp3) is 0.714. The van der Waals surface area contributed by atoms with Crippen molar-refractivity contribution >= 4 is 11.6 Å². The summed E-state index contributed by atoms with van der Waals surface area (Å²) in [6.07, 6.45) is 11.1. The lowest BCUT2D eigenvalue weighted by molar-refractivity contribution is -0.117. The molecule has 0 spiro atoms. The number of rotatable bonds is 0. The molecule has 0 bridgehead atoms. The zero-order chi connectivity index (χ0) is 16.4. The molecule has 0 aromatic rings. The molecule has 0 aromatic heterocycles. The summed E-state index contributed by atoms with van der Waals surface area (Å²) < 4.78 is 0. The third kappa shape index (κ3) is 1.93. The number of hydrogen-bond donors (Lipinski definition) is 0. The van der Waals surface area contributed by atoms with Gasteiger partial charge in [-0.2, -0.15) is 0 Å². The van der Waals surface area contributed by atoms with Gasteiger partial charge in [0, 0.05) is 12.8 Å². The van der Waals surface area contributed by atoms with Crippen LogP contribution < -0.4 is 0 Å². The molecule has 0 saturated heterocycles. The highest BCUT2D eigenvalue weighted by Crippen LogP contribution is 2.65. The molecule has 0 radical (unpaired) electrons. The molecule has 2 nitrogen and oxygen atoms in total. The van der Waals surface area contributed by atoms with Crippen molar-refractivity contribution in [2.75, 3.05) is 0 Å². The summed E-state index contributed by atoms with van der Waals surface area (Å²) in [6, 6.07) is 0. The highest BCUT2D eigenvalue weighted by molar-refractivity contribution is 5.99. The Hall–Kier alpha value is -1.18. The summed E-state index contributed by atoms with van der Waals surface area (Å²) in [5.41, 5.74) is 2.83. The van der Waals surface area contributed by atoms with E-state index in [0.29, 0.717) is 35.7 Å². The molecule has 3 fully saturated rings. The minimum atomic E-state index is 0.106. The number of hydrogen-bond acceptors (Lipinski definition) is 2. The molecule has 0 heterocycles. The number of carbonyl (C=O) groups excluding carboxylic acids is 2. The first-order chi connectivity index (χ1) is 10.9. The van der Waals surface area contributed by atoms with Gasteiger partial charge in [-0.05, 0) is 79.3 Å². The first-order valence-electron chi connectivity index (χ1n) is 9.34. The Labute approximate surface area is 139 Å². The van der Waals surface area contributed by atoms with Crippen molar-refractivity contribution < 1.29 is 9.59 Å². The summed E-state index contributed by atoms with van der Waals surface area (Å²) in [4.78, 5) is 24.4. The number of fused-ring (bicyclic) bond motifs is 5. The Morgan fingerprint density at radius 1 is 1.04 bits per heavy atom. The molecule has 4 rings (SSSR count). The van der Waals surface area contributed by atoms with Crippen LogP contribution in [0.4, 0.5) is 0 Å². The van der Waals surface area contributed by atoms with Gasteiger partial charge in [-0.15, -0.1) is 0 Å². The third-order valence-corrected chi connectivity index (χ3v) is 7.96. The molecule has 4 aliphatic carbocycles. The fourth-order valence-electron chi connectivity index (χ4n) is 6.71. The molecule has 0 aromatic carbocycles. The van der Waals surface area contributed by atoms with Crippen LogP contribution in [0, 0.1) is 28.6 Å². The van der Waals surface area contributed by atoms with Gasteiger partial charge in [-0.3, -0.25) is 9.59 Å². The molecular weight excluding hydrogens is 284 g/mol. The van der Waals surface area contributed by atoms with Crippen molar-refractivity contribution in [1.29, 1.82) is 0 Å². The van der Waals surface area contributed by atoms with Gasteiger partial charge in [0.25, 0.3) is 0 Å². The van der Waals surface area contributed by atoms with Crippen molar-refractivity contribution in [2.45, 2.75) is 65.7 Å². The molecule has 0 aliphatic heterocycles. The molecule has 0 amide bonds. The maximum Gasteiger partial charge on any atom is 0.159 e. The Kier molecular flexibility index (Phi) is 3.28. The van der Waals surface area contributed by atoms with Gasteiger partial charge >= 0.3 is 0 Å². The average molecular weight is 312 g/mol. The maximum atomic E-state index is 12.5. The lowest BCUT2D eigenvalue weighted by Crippen LogP contribution is -2.49. The SMILES string of the molecule is C/C=C1/C(=O)C[C@H]2[C@@H]3CCC4=CC(=O)CC[C@]4(C)[C@H]3CC[C@]12C. The van der Waals surface area contributed by atoms with E-state index in [2.05, 4.69) is 19.9 Å². The van der Waals surface area contributed by atoms with Crippen molar-refractivity contribution in [3.63, 3.8) is 0 Å². The predicted octanol–water partition coefficient (Wildman–Crippen LogP) is 4.64. The van der Waals surface area contributed by atoms with Crippen LogP contribution in [0.2, 0.25) is 0 Å².